The molecule has 2 N–H and O–H groups in total. The van der Waals surface area contributed by atoms with Crippen LogP contribution in [-0.4, -0.2) is 17.3 Å². The summed E-state index contributed by atoms with van der Waals surface area (Å²) < 4.78 is 5.86. The van der Waals surface area contributed by atoms with Gasteiger partial charge in [0.25, 0.3) is 0 Å². The highest BCUT2D eigenvalue weighted by atomic mass is 16.5. The Kier molecular flexibility index (Phi) is 6.27. The van der Waals surface area contributed by atoms with Crippen molar-refractivity contribution in [3.8, 4) is 11.8 Å². The van der Waals surface area contributed by atoms with Crippen molar-refractivity contribution in [2.75, 3.05) is 6.54 Å². The number of benzene rings is 2. The van der Waals surface area contributed by atoms with Gasteiger partial charge in [0.1, 0.15) is 12.4 Å². The molecule has 0 aromatic heterocycles. The third-order valence-corrected chi connectivity index (χ3v) is 4.93. The van der Waals surface area contributed by atoms with Gasteiger partial charge in [-0.1, -0.05) is 43.5 Å². The van der Waals surface area contributed by atoms with Gasteiger partial charge >= 0.3 is 0 Å². The van der Waals surface area contributed by atoms with E-state index in [0.717, 1.165) is 42.6 Å². The Balaban J connectivity index is 1.50. The third-order valence-electron chi connectivity index (χ3n) is 4.93. The van der Waals surface area contributed by atoms with Gasteiger partial charge in [-0.2, -0.15) is 5.26 Å². The van der Waals surface area contributed by atoms with E-state index in [1.807, 2.05) is 36.4 Å². The molecule has 0 amide bonds. The van der Waals surface area contributed by atoms with Crippen LogP contribution in [0.2, 0.25) is 0 Å². The van der Waals surface area contributed by atoms with E-state index in [1.54, 1.807) is 6.07 Å². The number of rotatable bonds is 7. The van der Waals surface area contributed by atoms with Crippen molar-refractivity contribution in [2.24, 2.45) is 0 Å². The Labute approximate surface area is 155 Å². The summed E-state index contributed by atoms with van der Waals surface area (Å²) in [5.41, 5.74) is 2.21. The lowest BCUT2D eigenvalue weighted by molar-refractivity contribution is 0.00467. The van der Waals surface area contributed by atoms with Crippen LogP contribution < -0.4 is 10.1 Å². The van der Waals surface area contributed by atoms with Crippen molar-refractivity contribution in [1.82, 2.24) is 5.32 Å². The first-order chi connectivity index (χ1) is 12.7. The standard InChI is InChI=1S/C22H26N2O2/c23-14-18-6-4-8-20(12-18)16-26-21-9-5-7-19(13-21)15-24-17-22(25)10-2-1-3-11-22/h4-9,12-13,24-25H,1-3,10-11,15-17H2. The van der Waals surface area contributed by atoms with E-state index in [-0.39, 0.29) is 0 Å². The molecule has 1 aliphatic carbocycles. The largest absolute Gasteiger partial charge is 0.489 e. The van der Waals surface area contributed by atoms with Crippen molar-refractivity contribution in [3.05, 3.63) is 65.2 Å². The molecule has 4 nitrogen and oxygen atoms in total. The highest BCUT2D eigenvalue weighted by molar-refractivity contribution is 5.33. The van der Waals surface area contributed by atoms with Crippen LogP contribution in [0.4, 0.5) is 0 Å². The minimum Gasteiger partial charge on any atom is -0.489 e. The van der Waals surface area contributed by atoms with Gasteiger partial charge in [0.05, 0.1) is 17.2 Å². The summed E-state index contributed by atoms with van der Waals surface area (Å²) in [6, 6.07) is 17.6. The van der Waals surface area contributed by atoms with Gasteiger partial charge in [-0.15, -0.1) is 0 Å². The molecule has 1 aliphatic rings. The molecule has 0 spiro atoms. The fraction of sp³-hybridized carbons (Fsp3) is 0.409. The van der Waals surface area contributed by atoms with Crippen LogP contribution in [0.15, 0.2) is 48.5 Å². The molecule has 1 saturated carbocycles. The summed E-state index contributed by atoms with van der Waals surface area (Å²) >= 11 is 0. The average molecular weight is 350 g/mol. The maximum Gasteiger partial charge on any atom is 0.120 e. The van der Waals surface area contributed by atoms with Crippen molar-refractivity contribution in [2.45, 2.75) is 50.9 Å². The lowest BCUT2D eigenvalue weighted by Crippen LogP contribution is -2.41. The Hall–Kier alpha value is -2.35. The Bertz CT molecular complexity index is 761. The highest BCUT2D eigenvalue weighted by Gasteiger charge is 2.28. The fourth-order valence-electron chi connectivity index (χ4n) is 3.47. The van der Waals surface area contributed by atoms with Crippen molar-refractivity contribution in [1.29, 1.82) is 5.26 Å². The summed E-state index contributed by atoms with van der Waals surface area (Å²) in [6.07, 6.45) is 5.26. The zero-order valence-corrected chi connectivity index (χ0v) is 15.1. The van der Waals surface area contributed by atoms with Gasteiger partial charge in [0, 0.05) is 13.1 Å². The number of aliphatic hydroxyl groups is 1. The molecule has 0 saturated heterocycles. The lowest BCUT2D eigenvalue weighted by atomic mass is 9.85. The molecule has 2 aromatic carbocycles. The first-order valence-corrected chi connectivity index (χ1v) is 9.31. The molecule has 2 aromatic rings. The molecule has 0 atom stereocenters. The van der Waals surface area contributed by atoms with Crippen LogP contribution in [0.1, 0.15) is 48.8 Å². The van der Waals surface area contributed by atoms with Gasteiger partial charge in [-0.25, -0.2) is 0 Å². The Morgan fingerprint density at radius 1 is 1.04 bits per heavy atom. The number of hydrogen-bond acceptors (Lipinski definition) is 4. The fourth-order valence-corrected chi connectivity index (χ4v) is 3.47. The van der Waals surface area contributed by atoms with E-state index in [1.165, 1.54) is 6.42 Å². The number of nitrogens with zero attached hydrogens (tertiary/aromatic N) is 1. The molecule has 26 heavy (non-hydrogen) atoms. The van der Waals surface area contributed by atoms with Crippen LogP contribution in [0.3, 0.4) is 0 Å². The Morgan fingerprint density at radius 3 is 2.62 bits per heavy atom. The monoisotopic (exact) mass is 350 g/mol. The van der Waals surface area contributed by atoms with Gasteiger partial charge in [0.15, 0.2) is 0 Å². The molecule has 3 rings (SSSR count). The molecule has 0 unspecified atom stereocenters. The molecule has 4 heteroatoms. The maximum atomic E-state index is 10.5. The second-order valence-corrected chi connectivity index (χ2v) is 7.14. The molecular formula is C22H26N2O2. The van der Waals surface area contributed by atoms with Crippen LogP contribution in [0.25, 0.3) is 0 Å². The van der Waals surface area contributed by atoms with E-state index in [4.69, 9.17) is 10.00 Å². The van der Waals surface area contributed by atoms with Crippen LogP contribution >= 0.6 is 0 Å². The number of nitriles is 1. The van der Waals surface area contributed by atoms with Crippen LogP contribution in [0, 0.1) is 11.3 Å². The topological polar surface area (TPSA) is 65.3 Å². The SMILES string of the molecule is N#Cc1cccc(COc2cccc(CNCC3(O)CCCCC3)c2)c1. The Morgan fingerprint density at radius 2 is 1.81 bits per heavy atom. The van der Waals surface area contributed by atoms with E-state index < -0.39 is 5.60 Å². The molecular weight excluding hydrogens is 324 g/mol. The van der Waals surface area contributed by atoms with E-state index in [2.05, 4.69) is 17.5 Å². The molecule has 0 heterocycles. The van der Waals surface area contributed by atoms with Crippen LogP contribution in [0.5, 0.6) is 5.75 Å². The first kappa shape index (κ1) is 18.4. The molecule has 0 radical (unpaired) electrons. The summed E-state index contributed by atoms with van der Waals surface area (Å²) in [4.78, 5) is 0. The molecule has 136 valence electrons. The number of nitrogens with one attached hydrogen (secondary N) is 1. The number of ether oxygens (including phenoxy) is 1. The normalized spacial score (nSPS) is 16.0. The quantitative estimate of drug-likeness (QED) is 0.794. The predicted octanol–water partition coefficient (Wildman–Crippen LogP) is 3.92. The summed E-state index contributed by atoms with van der Waals surface area (Å²) in [7, 11) is 0. The first-order valence-electron chi connectivity index (χ1n) is 9.31. The van der Waals surface area contributed by atoms with Gasteiger partial charge in [-0.05, 0) is 48.2 Å². The summed E-state index contributed by atoms with van der Waals surface area (Å²) in [5, 5.41) is 22.9. The second-order valence-electron chi connectivity index (χ2n) is 7.14. The minimum atomic E-state index is -0.544. The number of hydrogen-bond donors (Lipinski definition) is 2. The highest BCUT2D eigenvalue weighted by Crippen LogP contribution is 2.27. The molecule has 1 fully saturated rings. The second kappa shape index (κ2) is 8.84. The van der Waals surface area contributed by atoms with E-state index in [9.17, 15) is 5.11 Å². The summed E-state index contributed by atoms with van der Waals surface area (Å²) in [5.74, 6) is 0.808. The van der Waals surface area contributed by atoms with Gasteiger partial charge in [0.2, 0.25) is 0 Å². The summed E-state index contributed by atoms with van der Waals surface area (Å²) in [6.45, 7) is 1.79. The zero-order valence-electron chi connectivity index (χ0n) is 15.1. The van der Waals surface area contributed by atoms with Crippen molar-refractivity contribution in [3.63, 3.8) is 0 Å². The van der Waals surface area contributed by atoms with Crippen LogP contribution in [-0.2, 0) is 13.2 Å². The molecule has 0 aliphatic heterocycles. The van der Waals surface area contributed by atoms with E-state index >= 15 is 0 Å². The van der Waals surface area contributed by atoms with Gasteiger partial charge in [-0.3, -0.25) is 0 Å². The van der Waals surface area contributed by atoms with Gasteiger partial charge < -0.3 is 15.2 Å². The maximum absolute atomic E-state index is 10.5. The van der Waals surface area contributed by atoms with Crippen molar-refractivity contribution >= 4 is 0 Å². The smallest absolute Gasteiger partial charge is 0.120 e. The lowest BCUT2D eigenvalue weighted by Gasteiger charge is -2.32. The van der Waals surface area contributed by atoms with Crippen molar-refractivity contribution < 1.29 is 9.84 Å². The minimum absolute atomic E-state index is 0.437. The zero-order chi connectivity index (χ0) is 18.2. The predicted molar refractivity (Wildman–Crippen MR) is 102 cm³/mol. The third kappa shape index (κ3) is 5.32. The van der Waals surface area contributed by atoms with E-state index in [0.29, 0.717) is 25.3 Å². The average Bonchev–Trinajstić information content (AvgIpc) is 2.67. The molecule has 0 bridgehead atoms.